The molecule has 0 bridgehead atoms. The molecule has 6 heteroatoms. The Labute approximate surface area is 136 Å². The Kier molecular flexibility index (Phi) is 6.77. The minimum absolute atomic E-state index is 0.203. The van der Waals surface area contributed by atoms with Crippen LogP contribution in [0.5, 0.6) is 0 Å². The Morgan fingerprint density at radius 2 is 2.30 bits per heavy atom. The molecule has 2 N–H and O–H groups in total. The zero-order chi connectivity index (χ0) is 14.4. The van der Waals surface area contributed by atoms with E-state index < -0.39 is 6.10 Å². The first-order valence-corrected chi connectivity index (χ1v) is 8.30. The van der Waals surface area contributed by atoms with Gasteiger partial charge in [-0.3, -0.25) is 0 Å². The number of benzene rings is 1. The summed E-state index contributed by atoms with van der Waals surface area (Å²) < 4.78 is 12.9. The highest BCUT2D eigenvalue weighted by molar-refractivity contribution is 9.11. The zero-order valence-corrected chi connectivity index (χ0v) is 14.3. The quantitative estimate of drug-likeness (QED) is 0.727. The van der Waals surface area contributed by atoms with Gasteiger partial charge >= 0.3 is 0 Å². The van der Waals surface area contributed by atoms with E-state index in [1.54, 1.807) is 0 Å². The maximum atomic E-state index is 9.89. The van der Waals surface area contributed by atoms with Gasteiger partial charge in [0.1, 0.15) is 0 Å². The zero-order valence-electron chi connectivity index (χ0n) is 11.1. The number of halogens is 2. The minimum Gasteiger partial charge on any atom is -0.389 e. The Hall–Kier alpha value is -0.140. The van der Waals surface area contributed by atoms with E-state index in [9.17, 15) is 5.11 Å². The van der Waals surface area contributed by atoms with Crippen molar-refractivity contribution in [3.05, 3.63) is 27.1 Å². The molecule has 1 aliphatic rings. The summed E-state index contributed by atoms with van der Waals surface area (Å²) in [5.74, 6) is 0. The number of aliphatic hydroxyl groups excluding tert-OH is 1. The van der Waals surface area contributed by atoms with E-state index in [4.69, 9.17) is 9.47 Å². The van der Waals surface area contributed by atoms with Crippen LogP contribution in [-0.4, -0.2) is 43.7 Å². The van der Waals surface area contributed by atoms with E-state index in [0.717, 1.165) is 34.1 Å². The molecule has 0 aromatic heterocycles. The molecule has 1 aromatic carbocycles. The van der Waals surface area contributed by atoms with Gasteiger partial charge in [0.05, 0.1) is 25.4 Å². The number of hydrogen-bond donors (Lipinski definition) is 2. The summed E-state index contributed by atoms with van der Waals surface area (Å²) in [6, 6.07) is 5.87. The average molecular weight is 409 g/mol. The summed E-state index contributed by atoms with van der Waals surface area (Å²) >= 11 is 6.89. The second-order valence-corrected chi connectivity index (χ2v) is 6.60. The molecule has 1 aromatic rings. The number of rotatable bonds is 7. The third-order valence-electron chi connectivity index (χ3n) is 3.09. The van der Waals surface area contributed by atoms with E-state index in [2.05, 4.69) is 37.2 Å². The van der Waals surface area contributed by atoms with Crippen molar-refractivity contribution in [1.82, 2.24) is 0 Å². The second-order valence-electron chi connectivity index (χ2n) is 4.83. The van der Waals surface area contributed by atoms with Crippen molar-refractivity contribution in [2.75, 3.05) is 31.7 Å². The van der Waals surface area contributed by atoms with Crippen LogP contribution >= 0.6 is 31.9 Å². The number of anilines is 1. The molecular formula is C14H19Br2NO3. The number of nitrogens with one attached hydrogen (secondary N) is 1. The van der Waals surface area contributed by atoms with Gasteiger partial charge in [-0.05, 0) is 47.0 Å². The van der Waals surface area contributed by atoms with Gasteiger partial charge in [-0.25, -0.2) is 0 Å². The van der Waals surface area contributed by atoms with Gasteiger partial charge in [0.25, 0.3) is 0 Å². The van der Waals surface area contributed by atoms with Gasteiger partial charge in [-0.15, -0.1) is 0 Å². The fraction of sp³-hybridized carbons (Fsp3) is 0.571. The van der Waals surface area contributed by atoms with Gasteiger partial charge in [0.15, 0.2) is 0 Å². The molecule has 0 amide bonds. The van der Waals surface area contributed by atoms with Crippen molar-refractivity contribution in [3.8, 4) is 0 Å². The predicted octanol–water partition coefficient (Wildman–Crippen LogP) is 3.18. The van der Waals surface area contributed by atoms with Gasteiger partial charge in [0.2, 0.25) is 0 Å². The van der Waals surface area contributed by atoms with Crippen molar-refractivity contribution in [1.29, 1.82) is 0 Å². The maximum absolute atomic E-state index is 9.89. The Morgan fingerprint density at radius 3 is 3.05 bits per heavy atom. The number of aliphatic hydroxyl groups is 1. The Balaban J connectivity index is 1.66. The van der Waals surface area contributed by atoms with Gasteiger partial charge < -0.3 is 19.9 Å². The highest BCUT2D eigenvalue weighted by atomic mass is 79.9. The van der Waals surface area contributed by atoms with E-state index in [1.807, 2.05) is 18.2 Å². The van der Waals surface area contributed by atoms with Crippen LogP contribution in [0.4, 0.5) is 5.69 Å². The monoisotopic (exact) mass is 407 g/mol. The van der Waals surface area contributed by atoms with E-state index in [0.29, 0.717) is 19.8 Å². The van der Waals surface area contributed by atoms with Crippen molar-refractivity contribution >= 4 is 37.5 Å². The highest BCUT2D eigenvalue weighted by Gasteiger charge is 2.16. The normalized spacial score (nSPS) is 20.1. The molecule has 0 radical (unpaired) electrons. The second kappa shape index (κ2) is 8.34. The first-order valence-electron chi connectivity index (χ1n) is 6.71. The molecule has 2 rings (SSSR count). The molecule has 0 spiro atoms. The minimum atomic E-state index is -0.540. The van der Waals surface area contributed by atoms with Crippen molar-refractivity contribution in [2.24, 2.45) is 0 Å². The standard InChI is InChI=1S/C14H19Br2NO3/c15-10-3-4-13(16)14(6-10)17-7-11(18)8-19-9-12-2-1-5-20-12/h3-4,6,11-12,17-18H,1-2,5,7-9H2. The van der Waals surface area contributed by atoms with Crippen LogP contribution in [0, 0.1) is 0 Å². The molecule has 2 atom stereocenters. The van der Waals surface area contributed by atoms with E-state index in [-0.39, 0.29) is 6.10 Å². The van der Waals surface area contributed by atoms with Crippen LogP contribution in [0.1, 0.15) is 12.8 Å². The van der Waals surface area contributed by atoms with Crippen LogP contribution in [0.2, 0.25) is 0 Å². The summed E-state index contributed by atoms with van der Waals surface area (Å²) in [5.41, 5.74) is 0.942. The largest absolute Gasteiger partial charge is 0.389 e. The van der Waals surface area contributed by atoms with Crippen molar-refractivity contribution in [3.63, 3.8) is 0 Å². The van der Waals surface area contributed by atoms with Crippen LogP contribution in [0.3, 0.4) is 0 Å². The van der Waals surface area contributed by atoms with E-state index >= 15 is 0 Å². The van der Waals surface area contributed by atoms with Gasteiger partial charge in [-0.1, -0.05) is 15.9 Å². The fourth-order valence-corrected chi connectivity index (χ4v) is 2.78. The predicted molar refractivity (Wildman–Crippen MR) is 86.1 cm³/mol. The third kappa shape index (κ3) is 5.33. The Morgan fingerprint density at radius 1 is 1.45 bits per heavy atom. The molecule has 0 aliphatic carbocycles. The molecule has 1 saturated heterocycles. The SMILES string of the molecule is OC(CNc1cc(Br)ccc1Br)COCC1CCCO1. The summed E-state index contributed by atoms with van der Waals surface area (Å²) in [6.07, 6.45) is 1.82. The summed E-state index contributed by atoms with van der Waals surface area (Å²) in [5, 5.41) is 13.1. The molecule has 112 valence electrons. The topological polar surface area (TPSA) is 50.7 Å². The fourth-order valence-electron chi connectivity index (χ4n) is 2.03. The molecular weight excluding hydrogens is 390 g/mol. The average Bonchev–Trinajstić information content (AvgIpc) is 2.93. The first-order chi connectivity index (χ1) is 9.65. The molecule has 20 heavy (non-hydrogen) atoms. The van der Waals surface area contributed by atoms with Crippen LogP contribution < -0.4 is 5.32 Å². The summed E-state index contributed by atoms with van der Waals surface area (Å²) in [7, 11) is 0. The first kappa shape index (κ1) is 16.2. The van der Waals surface area contributed by atoms with Crippen molar-refractivity contribution < 1.29 is 14.6 Å². The maximum Gasteiger partial charge on any atom is 0.0945 e. The van der Waals surface area contributed by atoms with Crippen LogP contribution in [0.15, 0.2) is 27.1 Å². The van der Waals surface area contributed by atoms with Crippen LogP contribution in [0.25, 0.3) is 0 Å². The highest BCUT2D eigenvalue weighted by Crippen LogP contribution is 2.26. The molecule has 1 heterocycles. The summed E-state index contributed by atoms with van der Waals surface area (Å²) in [6.45, 7) is 2.16. The molecule has 4 nitrogen and oxygen atoms in total. The van der Waals surface area contributed by atoms with Gasteiger partial charge in [0, 0.05) is 27.8 Å². The van der Waals surface area contributed by atoms with Crippen molar-refractivity contribution in [2.45, 2.75) is 25.0 Å². The van der Waals surface area contributed by atoms with Gasteiger partial charge in [-0.2, -0.15) is 0 Å². The molecule has 1 fully saturated rings. The number of hydrogen-bond acceptors (Lipinski definition) is 4. The van der Waals surface area contributed by atoms with E-state index in [1.165, 1.54) is 0 Å². The smallest absolute Gasteiger partial charge is 0.0945 e. The molecule has 1 aliphatic heterocycles. The lowest BCUT2D eigenvalue weighted by atomic mass is 10.2. The lowest BCUT2D eigenvalue weighted by Gasteiger charge is -2.16. The molecule has 2 unspecified atom stereocenters. The Bertz CT molecular complexity index is 425. The third-order valence-corrected chi connectivity index (χ3v) is 4.28. The molecule has 0 saturated carbocycles. The van der Waals surface area contributed by atoms with Crippen LogP contribution in [-0.2, 0) is 9.47 Å². The summed E-state index contributed by atoms with van der Waals surface area (Å²) in [4.78, 5) is 0. The lowest BCUT2D eigenvalue weighted by molar-refractivity contribution is -0.0137. The lowest BCUT2D eigenvalue weighted by Crippen LogP contribution is -2.27. The number of ether oxygens (including phenoxy) is 2.